The van der Waals surface area contributed by atoms with Gasteiger partial charge in [-0.1, -0.05) is 25.1 Å². The fraction of sp³-hybridized carbons (Fsp3) is 0.500. The van der Waals surface area contributed by atoms with Crippen LogP contribution in [0.3, 0.4) is 0 Å². The molecular formula is C14H23ClN2O2. The molecule has 0 bridgehead atoms. The molecule has 0 aromatic heterocycles. The SMILES string of the molecule is COc1ccccc1C(C)NC(=O)C(C)C(C)N.Cl. The van der Waals surface area contributed by atoms with E-state index in [-0.39, 0.29) is 36.3 Å². The van der Waals surface area contributed by atoms with E-state index in [4.69, 9.17) is 10.5 Å². The Kier molecular flexibility index (Phi) is 7.49. The van der Waals surface area contributed by atoms with Crippen molar-refractivity contribution in [2.24, 2.45) is 11.7 Å². The number of benzene rings is 1. The van der Waals surface area contributed by atoms with Gasteiger partial charge in [0.15, 0.2) is 0 Å². The van der Waals surface area contributed by atoms with Gasteiger partial charge in [0.2, 0.25) is 5.91 Å². The molecule has 3 unspecified atom stereocenters. The molecule has 1 aromatic rings. The summed E-state index contributed by atoms with van der Waals surface area (Å²) in [6.45, 7) is 5.59. The summed E-state index contributed by atoms with van der Waals surface area (Å²) in [5, 5.41) is 2.95. The molecule has 0 aliphatic heterocycles. The minimum Gasteiger partial charge on any atom is -0.496 e. The Morgan fingerprint density at radius 2 is 1.84 bits per heavy atom. The monoisotopic (exact) mass is 286 g/mol. The van der Waals surface area contributed by atoms with Crippen molar-refractivity contribution in [3.05, 3.63) is 29.8 Å². The van der Waals surface area contributed by atoms with Crippen LogP contribution in [0.4, 0.5) is 0 Å². The molecule has 19 heavy (non-hydrogen) atoms. The highest BCUT2D eigenvalue weighted by Crippen LogP contribution is 2.24. The zero-order valence-corrected chi connectivity index (χ0v) is 12.7. The van der Waals surface area contributed by atoms with Gasteiger partial charge in [-0.2, -0.15) is 0 Å². The van der Waals surface area contributed by atoms with Crippen molar-refractivity contribution < 1.29 is 9.53 Å². The maximum Gasteiger partial charge on any atom is 0.224 e. The Morgan fingerprint density at radius 1 is 1.26 bits per heavy atom. The quantitative estimate of drug-likeness (QED) is 0.873. The number of carbonyl (C=O) groups excluding carboxylic acids is 1. The van der Waals surface area contributed by atoms with E-state index in [9.17, 15) is 4.79 Å². The zero-order valence-electron chi connectivity index (χ0n) is 11.8. The Morgan fingerprint density at radius 3 is 2.37 bits per heavy atom. The number of rotatable bonds is 5. The van der Waals surface area contributed by atoms with E-state index in [1.54, 1.807) is 7.11 Å². The number of halogens is 1. The standard InChI is InChI=1S/C14H22N2O2.ClH/c1-9(10(2)15)14(17)16-11(3)12-7-5-6-8-13(12)18-4;/h5-11H,15H2,1-4H3,(H,16,17);1H. The molecule has 1 aromatic carbocycles. The largest absolute Gasteiger partial charge is 0.496 e. The summed E-state index contributed by atoms with van der Waals surface area (Å²) in [5.41, 5.74) is 6.68. The smallest absolute Gasteiger partial charge is 0.224 e. The number of methoxy groups -OCH3 is 1. The molecule has 3 atom stereocenters. The first kappa shape index (κ1) is 17.7. The minimum atomic E-state index is -0.206. The second-order valence-electron chi connectivity index (χ2n) is 4.62. The van der Waals surface area contributed by atoms with Gasteiger partial charge in [0, 0.05) is 17.5 Å². The predicted molar refractivity (Wildman–Crippen MR) is 79.6 cm³/mol. The van der Waals surface area contributed by atoms with Gasteiger partial charge >= 0.3 is 0 Å². The average molecular weight is 287 g/mol. The molecule has 5 heteroatoms. The Hall–Kier alpha value is -1.26. The van der Waals surface area contributed by atoms with Crippen molar-refractivity contribution in [2.75, 3.05) is 7.11 Å². The predicted octanol–water partition coefficient (Wildman–Crippen LogP) is 2.28. The van der Waals surface area contributed by atoms with Gasteiger partial charge in [0.05, 0.1) is 13.2 Å². The van der Waals surface area contributed by atoms with Crippen molar-refractivity contribution in [3.63, 3.8) is 0 Å². The number of para-hydroxylation sites is 1. The first-order valence-electron chi connectivity index (χ1n) is 6.16. The van der Waals surface area contributed by atoms with Crippen molar-refractivity contribution in [1.29, 1.82) is 0 Å². The van der Waals surface area contributed by atoms with Crippen molar-refractivity contribution in [3.8, 4) is 5.75 Å². The van der Waals surface area contributed by atoms with E-state index in [2.05, 4.69) is 5.32 Å². The van der Waals surface area contributed by atoms with E-state index in [1.165, 1.54) is 0 Å². The van der Waals surface area contributed by atoms with Crippen LogP contribution in [0.5, 0.6) is 5.75 Å². The van der Waals surface area contributed by atoms with Crippen LogP contribution in [0.25, 0.3) is 0 Å². The third-order valence-electron chi connectivity index (χ3n) is 3.17. The topological polar surface area (TPSA) is 64.3 Å². The molecule has 0 heterocycles. The maximum absolute atomic E-state index is 11.9. The van der Waals surface area contributed by atoms with Crippen LogP contribution in [0.1, 0.15) is 32.4 Å². The molecule has 0 saturated heterocycles. The summed E-state index contributed by atoms with van der Waals surface area (Å²) in [4.78, 5) is 11.9. The number of hydrogen-bond acceptors (Lipinski definition) is 3. The first-order chi connectivity index (χ1) is 8.47. The molecular weight excluding hydrogens is 264 g/mol. The van der Waals surface area contributed by atoms with Crippen molar-refractivity contribution in [2.45, 2.75) is 32.9 Å². The third-order valence-corrected chi connectivity index (χ3v) is 3.17. The summed E-state index contributed by atoms with van der Waals surface area (Å²) in [7, 11) is 1.62. The van der Waals surface area contributed by atoms with Crippen LogP contribution in [0.2, 0.25) is 0 Å². The van der Waals surface area contributed by atoms with Gasteiger partial charge in [-0.25, -0.2) is 0 Å². The van der Waals surface area contributed by atoms with Gasteiger partial charge in [0.25, 0.3) is 0 Å². The maximum atomic E-state index is 11.9. The third kappa shape index (κ3) is 4.73. The zero-order chi connectivity index (χ0) is 13.7. The normalized spacial score (nSPS) is 14.8. The second kappa shape index (κ2) is 8.02. The van der Waals surface area contributed by atoms with Crippen LogP contribution in [0.15, 0.2) is 24.3 Å². The molecule has 1 rings (SSSR count). The summed E-state index contributed by atoms with van der Waals surface area (Å²) in [6.07, 6.45) is 0. The second-order valence-corrected chi connectivity index (χ2v) is 4.62. The van der Waals surface area contributed by atoms with Crippen LogP contribution in [-0.2, 0) is 4.79 Å². The summed E-state index contributed by atoms with van der Waals surface area (Å²) in [5.74, 6) is 0.532. The lowest BCUT2D eigenvalue weighted by atomic mass is 10.0. The minimum absolute atomic E-state index is 0. The van der Waals surface area contributed by atoms with Gasteiger partial charge in [-0.3, -0.25) is 4.79 Å². The first-order valence-corrected chi connectivity index (χ1v) is 6.16. The molecule has 4 nitrogen and oxygen atoms in total. The van der Waals surface area contributed by atoms with Crippen molar-refractivity contribution in [1.82, 2.24) is 5.32 Å². The Balaban J connectivity index is 0.00000324. The van der Waals surface area contributed by atoms with Crippen LogP contribution in [0, 0.1) is 5.92 Å². The molecule has 3 N–H and O–H groups in total. The van der Waals surface area contributed by atoms with E-state index in [0.717, 1.165) is 11.3 Å². The molecule has 108 valence electrons. The van der Waals surface area contributed by atoms with Gasteiger partial charge in [0.1, 0.15) is 5.75 Å². The van der Waals surface area contributed by atoms with E-state index >= 15 is 0 Å². The number of nitrogens with two attached hydrogens (primary N) is 1. The average Bonchev–Trinajstić information content (AvgIpc) is 2.37. The molecule has 0 radical (unpaired) electrons. The van der Waals surface area contributed by atoms with Gasteiger partial charge in [-0.05, 0) is 19.9 Å². The van der Waals surface area contributed by atoms with Gasteiger partial charge in [-0.15, -0.1) is 12.4 Å². The number of amides is 1. The summed E-state index contributed by atoms with van der Waals surface area (Å²) in [6, 6.07) is 7.40. The lowest BCUT2D eigenvalue weighted by Crippen LogP contribution is -2.39. The van der Waals surface area contributed by atoms with Crippen molar-refractivity contribution >= 4 is 18.3 Å². The lowest BCUT2D eigenvalue weighted by molar-refractivity contribution is -0.125. The van der Waals surface area contributed by atoms with Crippen LogP contribution >= 0.6 is 12.4 Å². The molecule has 0 saturated carbocycles. The molecule has 0 aliphatic rings. The molecule has 0 aliphatic carbocycles. The molecule has 1 amide bonds. The fourth-order valence-electron chi connectivity index (χ4n) is 1.69. The number of carbonyl (C=O) groups is 1. The fourth-order valence-corrected chi connectivity index (χ4v) is 1.69. The lowest BCUT2D eigenvalue weighted by Gasteiger charge is -2.21. The highest BCUT2D eigenvalue weighted by atomic mass is 35.5. The Labute approximate surface area is 121 Å². The van der Waals surface area contributed by atoms with Gasteiger partial charge < -0.3 is 15.8 Å². The van der Waals surface area contributed by atoms with Crippen LogP contribution < -0.4 is 15.8 Å². The molecule has 0 spiro atoms. The van der Waals surface area contributed by atoms with E-state index in [1.807, 2.05) is 45.0 Å². The Bertz CT molecular complexity index is 410. The molecule has 0 fully saturated rings. The number of nitrogens with one attached hydrogen (secondary N) is 1. The summed E-state index contributed by atoms with van der Waals surface area (Å²) >= 11 is 0. The highest BCUT2D eigenvalue weighted by Gasteiger charge is 2.20. The van der Waals surface area contributed by atoms with E-state index < -0.39 is 0 Å². The van der Waals surface area contributed by atoms with E-state index in [0.29, 0.717) is 0 Å². The number of ether oxygens (including phenoxy) is 1. The highest BCUT2D eigenvalue weighted by molar-refractivity contribution is 5.85. The number of hydrogen-bond donors (Lipinski definition) is 2. The van der Waals surface area contributed by atoms with Crippen LogP contribution in [-0.4, -0.2) is 19.1 Å². The summed E-state index contributed by atoms with van der Waals surface area (Å²) < 4.78 is 5.28.